The zero-order valence-electron chi connectivity index (χ0n) is 18.2. The summed E-state index contributed by atoms with van der Waals surface area (Å²) < 4.78 is 1.27. The summed E-state index contributed by atoms with van der Waals surface area (Å²) in [7, 11) is 2.16. The third-order valence-corrected chi connectivity index (χ3v) is 6.97. The van der Waals surface area contributed by atoms with Gasteiger partial charge in [0.25, 0.3) is 0 Å². The second kappa shape index (κ2) is 10.9. The Morgan fingerprint density at radius 3 is 2.72 bits per heavy atom. The van der Waals surface area contributed by atoms with Gasteiger partial charge in [0.05, 0.1) is 10.2 Å². The largest absolute Gasteiger partial charge is 0.356 e. The number of carbonyl (C=O) groups is 1. The van der Waals surface area contributed by atoms with Crippen LogP contribution in [0.5, 0.6) is 0 Å². The maximum absolute atomic E-state index is 12.5. The number of fused-ring (bicyclic) bond motifs is 1. The van der Waals surface area contributed by atoms with Crippen LogP contribution in [0.4, 0.5) is 5.13 Å². The topological polar surface area (TPSA) is 48.5 Å². The minimum absolute atomic E-state index is 0.144. The maximum Gasteiger partial charge on any atom is 0.223 e. The first-order chi connectivity index (χ1) is 14.1. The number of aryl methyl sites for hydroxylation is 1. The van der Waals surface area contributed by atoms with E-state index in [0.717, 1.165) is 69.1 Å². The molecule has 1 aromatic heterocycles. The lowest BCUT2D eigenvalue weighted by Crippen LogP contribution is -2.41. The molecule has 1 aliphatic heterocycles. The molecule has 1 aromatic carbocycles. The summed E-state index contributed by atoms with van der Waals surface area (Å²) in [5.74, 6) is 0.378. The molecule has 160 valence electrons. The molecule has 1 N–H and O–H groups in total. The third kappa shape index (κ3) is 6.16. The lowest BCUT2D eigenvalue weighted by atomic mass is 9.96. The molecule has 2 heterocycles. The summed E-state index contributed by atoms with van der Waals surface area (Å²) in [6.07, 6.45) is 6.39. The molecule has 5 nitrogen and oxygen atoms in total. The highest BCUT2D eigenvalue weighted by atomic mass is 32.1. The molecular weight excluding hydrogens is 380 g/mol. The second-order valence-electron chi connectivity index (χ2n) is 8.21. The van der Waals surface area contributed by atoms with E-state index in [2.05, 4.69) is 54.2 Å². The average Bonchev–Trinajstić information content (AvgIpc) is 3.18. The van der Waals surface area contributed by atoms with Gasteiger partial charge in [-0.05, 0) is 69.9 Å². The molecule has 0 spiro atoms. The van der Waals surface area contributed by atoms with Crippen molar-refractivity contribution in [1.82, 2.24) is 15.2 Å². The number of aromatic nitrogens is 1. The van der Waals surface area contributed by atoms with Gasteiger partial charge in [0, 0.05) is 25.6 Å². The molecule has 0 saturated carbocycles. The van der Waals surface area contributed by atoms with E-state index in [9.17, 15) is 4.79 Å². The summed E-state index contributed by atoms with van der Waals surface area (Å²) in [6.45, 7) is 9.22. The molecule has 0 radical (unpaired) electrons. The lowest BCUT2D eigenvalue weighted by molar-refractivity contribution is -0.125. The molecule has 1 aliphatic rings. The summed E-state index contributed by atoms with van der Waals surface area (Å²) in [4.78, 5) is 22.0. The maximum atomic E-state index is 12.5. The molecule has 1 amide bonds. The van der Waals surface area contributed by atoms with Crippen molar-refractivity contribution < 1.29 is 4.79 Å². The van der Waals surface area contributed by atoms with Crippen LogP contribution < -0.4 is 10.2 Å². The van der Waals surface area contributed by atoms with E-state index in [0.29, 0.717) is 0 Å². The first-order valence-electron chi connectivity index (χ1n) is 11.2. The molecule has 1 fully saturated rings. The first-order valence-corrected chi connectivity index (χ1v) is 12.0. The summed E-state index contributed by atoms with van der Waals surface area (Å²) >= 11 is 1.78. The van der Waals surface area contributed by atoms with Crippen LogP contribution in [0.15, 0.2) is 18.2 Å². The number of anilines is 1. The van der Waals surface area contributed by atoms with E-state index in [4.69, 9.17) is 4.98 Å². The van der Waals surface area contributed by atoms with Crippen LogP contribution in [-0.4, -0.2) is 55.6 Å². The molecule has 0 unspecified atom stereocenters. The van der Waals surface area contributed by atoms with Crippen LogP contribution in [0, 0.1) is 5.92 Å². The van der Waals surface area contributed by atoms with Crippen molar-refractivity contribution in [1.29, 1.82) is 0 Å². The summed E-state index contributed by atoms with van der Waals surface area (Å²) in [5.41, 5.74) is 2.45. The molecule has 1 saturated heterocycles. The van der Waals surface area contributed by atoms with E-state index in [1.165, 1.54) is 23.1 Å². The van der Waals surface area contributed by atoms with Gasteiger partial charge in [-0.25, -0.2) is 4.98 Å². The zero-order chi connectivity index (χ0) is 20.6. The minimum Gasteiger partial charge on any atom is -0.356 e. The number of piperidine rings is 1. The number of hydrogen-bond donors (Lipinski definition) is 1. The van der Waals surface area contributed by atoms with Gasteiger partial charge < -0.3 is 15.1 Å². The molecule has 2 aromatic rings. The number of nitrogens with one attached hydrogen (secondary N) is 1. The van der Waals surface area contributed by atoms with Gasteiger partial charge in [0.1, 0.15) is 0 Å². The van der Waals surface area contributed by atoms with E-state index >= 15 is 0 Å². The number of hydrogen-bond acceptors (Lipinski definition) is 5. The number of thiazole rings is 1. The van der Waals surface area contributed by atoms with Crippen molar-refractivity contribution in [3.8, 4) is 0 Å². The van der Waals surface area contributed by atoms with Gasteiger partial charge >= 0.3 is 0 Å². The third-order valence-electron chi connectivity index (χ3n) is 5.90. The Morgan fingerprint density at radius 2 is 2.00 bits per heavy atom. The molecule has 29 heavy (non-hydrogen) atoms. The van der Waals surface area contributed by atoms with E-state index in [1.807, 2.05) is 0 Å². The molecule has 0 bridgehead atoms. The van der Waals surface area contributed by atoms with Crippen molar-refractivity contribution in [2.24, 2.45) is 5.92 Å². The highest BCUT2D eigenvalue weighted by Crippen LogP contribution is 2.32. The number of unbranched alkanes of at least 4 members (excludes halogenated alkanes) is 1. The fraction of sp³-hybridized carbons (Fsp3) is 0.652. The summed E-state index contributed by atoms with van der Waals surface area (Å²) in [5, 5.41) is 4.25. The van der Waals surface area contributed by atoms with E-state index < -0.39 is 0 Å². The smallest absolute Gasteiger partial charge is 0.223 e. The van der Waals surface area contributed by atoms with Crippen LogP contribution in [0.1, 0.15) is 51.5 Å². The lowest BCUT2D eigenvalue weighted by Gasteiger charge is -2.31. The monoisotopic (exact) mass is 416 g/mol. The number of benzene rings is 1. The van der Waals surface area contributed by atoms with Crippen LogP contribution >= 0.6 is 11.3 Å². The fourth-order valence-corrected chi connectivity index (χ4v) is 4.97. The Morgan fingerprint density at radius 1 is 1.24 bits per heavy atom. The van der Waals surface area contributed by atoms with Gasteiger partial charge in [-0.15, -0.1) is 0 Å². The zero-order valence-corrected chi connectivity index (χ0v) is 19.1. The highest BCUT2D eigenvalue weighted by molar-refractivity contribution is 7.22. The highest BCUT2D eigenvalue weighted by Gasteiger charge is 2.26. The van der Waals surface area contributed by atoms with Crippen molar-refractivity contribution >= 4 is 32.6 Å². The molecule has 6 heteroatoms. The SMILES string of the molecule is CCCCN(C)CCCNC(=O)C1CCN(c2nc3ccc(CC)cc3s2)CC1. The predicted molar refractivity (Wildman–Crippen MR) is 124 cm³/mol. The first kappa shape index (κ1) is 22.0. The fourth-order valence-electron chi connectivity index (χ4n) is 3.89. The minimum atomic E-state index is 0.144. The van der Waals surface area contributed by atoms with Crippen molar-refractivity contribution in [2.75, 3.05) is 44.7 Å². The second-order valence-corrected chi connectivity index (χ2v) is 9.22. The van der Waals surface area contributed by atoms with Gasteiger partial charge in [0.15, 0.2) is 5.13 Å². The van der Waals surface area contributed by atoms with Crippen molar-refractivity contribution in [2.45, 2.75) is 52.4 Å². The average molecular weight is 417 g/mol. The van der Waals surface area contributed by atoms with E-state index in [1.54, 1.807) is 11.3 Å². The Bertz CT molecular complexity index is 782. The number of amides is 1. The van der Waals surface area contributed by atoms with E-state index in [-0.39, 0.29) is 11.8 Å². The Hall–Kier alpha value is -1.66. The quantitative estimate of drug-likeness (QED) is 0.586. The Labute approximate surface area is 179 Å². The van der Waals surface area contributed by atoms with Crippen molar-refractivity contribution in [3.63, 3.8) is 0 Å². The van der Waals surface area contributed by atoms with Gasteiger partial charge in [-0.1, -0.05) is 37.7 Å². The molecule has 0 aliphatic carbocycles. The molecule has 0 atom stereocenters. The van der Waals surface area contributed by atoms with Gasteiger partial charge in [0.2, 0.25) is 5.91 Å². The van der Waals surface area contributed by atoms with Gasteiger partial charge in [-0.2, -0.15) is 0 Å². The Kier molecular flexibility index (Phi) is 8.30. The van der Waals surface area contributed by atoms with Gasteiger partial charge in [-0.3, -0.25) is 4.79 Å². The van der Waals surface area contributed by atoms with Crippen LogP contribution in [0.25, 0.3) is 10.2 Å². The Balaban J connectivity index is 1.41. The number of carbonyl (C=O) groups excluding carboxylic acids is 1. The van der Waals surface area contributed by atoms with Crippen LogP contribution in [0.3, 0.4) is 0 Å². The van der Waals surface area contributed by atoms with Crippen LogP contribution in [-0.2, 0) is 11.2 Å². The number of rotatable bonds is 10. The molecule has 3 rings (SSSR count). The van der Waals surface area contributed by atoms with Crippen molar-refractivity contribution in [3.05, 3.63) is 23.8 Å². The standard InChI is InChI=1S/C23H36N4OS/c1-4-6-13-26(3)14-7-12-24-22(28)19-10-15-27(16-11-19)23-25-20-9-8-18(5-2)17-21(20)29-23/h8-9,17,19H,4-7,10-16H2,1-3H3,(H,24,28). The normalized spacial score (nSPS) is 15.4. The predicted octanol–water partition coefficient (Wildman–Crippen LogP) is 4.31. The van der Waals surface area contributed by atoms with Crippen LogP contribution in [0.2, 0.25) is 0 Å². The number of nitrogens with zero attached hydrogens (tertiary/aromatic N) is 3. The molecular formula is C23H36N4OS. The summed E-state index contributed by atoms with van der Waals surface area (Å²) in [6, 6.07) is 6.56.